The maximum Gasteiger partial charge on any atom is 0.265 e. The first-order valence-corrected chi connectivity index (χ1v) is 9.22. The van der Waals surface area contributed by atoms with Gasteiger partial charge in [0.2, 0.25) is 5.82 Å². The first kappa shape index (κ1) is 18.6. The number of hydrogen-bond donors (Lipinski definition) is 3. The largest absolute Gasteiger partial charge is 0.494 e. The number of anilines is 1. The van der Waals surface area contributed by atoms with Crippen molar-refractivity contribution in [3.8, 4) is 17.1 Å². The fourth-order valence-corrected chi connectivity index (χ4v) is 3.93. The summed E-state index contributed by atoms with van der Waals surface area (Å²) < 4.78 is 33.2. The topological polar surface area (TPSA) is 153 Å². The van der Waals surface area contributed by atoms with Crippen LogP contribution in [0.2, 0.25) is 5.02 Å². The summed E-state index contributed by atoms with van der Waals surface area (Å²) in [5.41, 5.74) is 5.91. The van der Waals surface area contributed by atoms with Gasteiger partial charge in [0.15, 0.2) is 5.75 Å². The number of primary amides is 1. The van der Waals surface area contributed by atoms with E-state index in [-0.39, 0.29) is 26.9 Å². The van der Waals surface area contributed by atoms with Crippen molar-refractivity contribution in [3.05, 3.63) is 47.0 Å². The molecule has 1 aromatic heterocycles. The number of H-pyrrole nitrogens is 1. The fraction of sp³-hybridized carbons (Fsp3) is 0.0667. The third-order valence-electron chi connectivity index (χ3n) is 3.50. The molecule has 10 nitrogen and oxygen atoms in total. The second-order valence-electron chi connectivity index (χ2n) is 5.27. The maximum absolute atomic E-state index is 12.9. The molecular formula is C15H13ClN6O4S. The van der Waals surface area contributed by atoms with Crippen LogP contribution in [0.1, 0.15) is 10.4 Å². The molecule has 0 unspecified atom stereocenters. The number of nitrogens with one attached hydrogen (secondary N) is 2. The second-order valence-corrected chi connectivity index (χ2v) is 7.36. The van der Waals surface area contributed by atoms with E-state index < -0.39 is 15.9 Å². The molecule has 1 heterocycles. The molecule has 0 radical (unpaired) electrons. The zero-order valence-corrected chi connectivity index (χ0v) is 15.4. The Morgan fingerprint density at radius 2 is 2.07 bits per heavy atom. The number of carbonyl (C=O) groups excluding carboxylic acids is 1. The molecule has 3 aromatic rings. The van der Waals surface area contributed by atoms with Crippen LogP contribution >= 0.6 is 11.6 Å². The van der Waals surface area contributed by atoms with E-state index in [2.05, 4.69) is 25.3 Å². The molecule has 4 N–H and O–H groups in total. The highest BCUT2D eigenvalue weighted by Gasteiger charge is 2.25. The number of halogens is 1. The molecule has 0 saturated carbocycles. The smallest absolute Gasteiger partial charge is 0.265 e. The number of carbonyl (C=O) groups is 1. The van der Waals surface area contributed by atoms with Crippen LogP contribution in [-0.2, 0) is 10.0 Å². The number of hydrogen-bond acceptors (Lipinski definition) is 7. The third-order valence-corrected chi connectivity index (χ3v) is 5.10. The lowest BCUT2D eigenvalue weighted by Gasteiger charge is -2.14. The predicted molar refractivity (Wildman–Crippen MR) is 96.9 cm³/mol. The van der Waals surface area contributed by atoms with Gasteiger partial charge in [0.05, 0.1) is 12.7 Å². The molecule has 3 rings (SSSR count). The van der Waals surface area contributed by atoms with Crippen LogP contribution in [0.5, 0.6) is 5.75 Å². The molecule has 0 atom stereocenters. The summed E-state index contributed by atoms with van der Waals surface area (Å²) in [4.78, 5) is 11.3. The van der Waals surface area contributed by atoms with Crippen LogP contribution in [-0.4, -0.2) is 42.1 Å². The quantitative estimate of drug-likeness (QED) is 0.557. The molecule has 12 heteroatoms. The van der Waals surface area contributed by atoms with Gasteiger partial charge in [0.1, 0.15) is 4.90 Å². The number of aromatic nitrogens is 4. The van der Waals surface area contributed by atoms with E-state index in [1.54, 1.807) is 12.1 Å². The summed E-state index contributed by atoms with van der Waals surface area (Å²) in [5, 5.41) is 13.5. The Morgan fingerprint density at radius 1 is 1.30 bits per heavy atom. The van der Waals surface area contributed by atoms with Crippen LogP contribution in [0.3, 0.4) is 0 Å². The minimum absolute atomic E-state index is 0.0190. The number of nitrogens with zero attached hydrogens (tertiary/aromatic N) is 3. The Hall–Kier alpha value is -3.18. The molecular weight excluding hydrogens is 396 g/mol. The molecule has 1 amide bonds. The molecule has 140 valence electrons. The van der Waals surface area contributed by atoms with Gasteiger partial charge in [0, 0.05) is 16.3 Å². The van der Waals surface area contributed by atoms with Crippen molar-refractivity contribution in [2.45, 2.75) is 4.90 Å². The second kappa shape index (κ2) is 7.21. The summed E-state index contributed by atoms with van der Waals surface area (Å²) in [5.74, 6) is -0.772. The van der Waals surface area contributed by atoms with Crippen molar-refractivity contribution < 1.29 is 17.9 Å². The van der Waals surface area contributed by atoms with Crippen molar-refractivity contribution >= 4 is 33.2 Å². The van der Waals surface area contributed by atoms with E-state index in [4.69, 9.17) is 22.1 Å². The summed E-state index contributed by atoms with van der Waals surface area (Å²) in [6.45, 7) is 0. The van der Waals surface area contributed by atoms with Gasteiger partial charge in [-0.15, -0.1) is 10.2 Å². The molecule has 0 aliphatic carbocycles. The van der Waals surface area contributed by atoms with E-state index in [0.29, 0.717) is 11.4 Å². The fourth-order valence-electron chi connectivity index (χ4n) is 2.38. The molecule has 0 saturated heterocycles. The molecule has 0 fully saturated rings. The van der Waals surface area contributed by atoms with Crippen molar-refractivity contribution in [1.29, 1.82) is 0 Å². The van der Waals surface area contributed by atoms with E-state index >= 15 is 0 Å². The Bertz CT molecular complexity index is 1100. The summed E-state index contributed by atoms with van der Waals surface area (Å²) in [6.07, 6.45) is 0. The zero-order valence-electron chi connectivity index (χ0n) is 13.8. The SMILES string of the molecule is COc1c(C(N)=O)cc(Cl)cc1S(=O)(=O)Nc1cccc(-c2nn[nH]n2)c1. The lowest BCUT2D eigenvalue weighted by molar-refractivity contribution is 0.0997. The van der Waals surface area contributed by atoms with Gasteiger partial charge in [-0.1, -0.05) is 23.7 Å². The maximum atomic E-state index is 12.9. The van der Waals surface area contributed by atoms with Crippen LogP contribution in [0.4, 0.5) is 5.69 Å². The number of ether oxygens (including phenoxy) is 1. The Labute approximate surface area is 158 Å². The highest BCUT2D eigenvalue weighted by molar-refractivity contribution is 7.92. The van der Waals surface area contributed by atoms with Crippen molar-refractivity contribution in [2.24, 2.45) is 5.73 Å². The summed E-state index contributed by atoms with van der Waals surface area (Å²) in [7, 11) is -2.92. The standard InChI is InChI=1S/C15H13ClN6O4S/c1-26-13-11(14(17)23)6-9(16)7-12(13)27(24,25)20-10-4-2-3-8(5-10)15-18-21-22-19-15/h2-7,20H,1H3,(H2,17,23)(H,18,19,21,22). The zero-order chi connectivity index (χ0) is 19.6. The number of amides is 1. The minimum atomic E-state index is -4.15. The average Bonchev–Trinajstić information content (AvgIpc) is 3.15. The predicted octanol–water partition coefficient (Wildman–Crippen LogP) is 1.43. The molecule has 2 aromatic carbocycles. The Morgan fingerprint density at radius 3 is 2.70 bits per heavy atom. The first-order valence-electron chi connectivity index (χ1n) is 7.36. The minimum Gasteiger partial charge on any atom is -0.494 e. The molecule has 0 aliphatic rings. The van der Waals surface area contributed by atoms with Gasteiger partial charge in [-0.3, -0.25) is 9.52 Å². The van der Waals surface area contributed by atoms with Gasteiger partial charge in [-0.05, 0) is 29.5 Å². The van der Waals surface area contributed by atoms with Crippen molar-refractivity contribution in [1.82, 2.24) is 20.6 Å². The number of aromatic amines is 1. The number of tetrazole rings is 1. The third kappa shape index (κ3) is 3.83. The Balaban J connectivity index is 2.04. The molecule has 0 spiro atoms. The van der Waals surface area contributed by atoms with E-state index in [1.165, 1.54) is 25.3 Å². The van der Waals surface area contributed by atoms with Crippen molar-refractivity contribution in [2.75, 3.05) is 11.8 Å². The van der Waals surface area contributed by atoms with E-state index in [0.717, 1.165) is 6.07 Å². The Kier molecular flexibility index (Phi) is 4.97. The highest BCUT2D eigenvalue weighted by atomic mass is 35.5. The van der Waals surface area contributed by atoms with E-state index in [1.807, 2.05) is 0 Å². The van der Waals surface area contributed by atoms with Gasteiger partial charge >= 0.3 is 0 Å². The summed E-state index contributed by atoms with van der Waals surface area (Å²) >= 11 is 5.94. The summed E-state index contributed by atoms with van der Waals surface area (Å²) in [6, 6.07) is 8.76. The van der Waals surface area contributed by atoms with Gasteiger partial charge in [-0.2, -0.15) is 5.21 Å². The van der Waals surface area contributed by atoms with Crippen LogP contribution in [0.15, 0.2) is 41.3 Å². The monoisotopic (exact) mass is 408 g/mol. The van der Waals surface area contributed by atoms with Gasteiger partial charge in [0.25, 0.3) is 15.9 Å². The number of nitrogens with two attached hydrogens (primary N) is 1. The highest BCUT2D eigenvalue weighted by Crippen LogP contribution is 2.33. The lowest BCUT2D eigenvalue weighted by Crippen LogP contribution is -2.18. The lowest BCUT2D eigenvalue weighted by atomic mass is 10.2. The molecule has 0 aliphatic heterocycles. The number of sulfonamides is 1. The average molecular weight is 409 g/mol. The van der Waals surface area contributed by atoms with Crippen LogP contribution in [0, 0.1) is 0 Å². The number of methoxy groups -OCH3 is 1. The van der Waals surface area contributed by atoms with Crippen LogP contribution < -0.4 is 15.2 Å². The van der Waals surface area contributed by atoms with E-state index in [9.17, 15) is 13.2 Å². The molecule has 27 heavy (non-hydrogen) atoms. The van der Waals surface area contributed by atoms with Gasteiger partial charge in [-0.25, -0.2) is 8.42 Å². The van der Waals surface area contributed by atoms with Gasteiger partial charge < -0.3 is 10.5 Å². The number of benzene rings is 2. The number of rotatable bonds is 6. The van der Waals surface area contributed by atoms with Crippen LogP contribution in [0.25, 0.3) is 11.4 Å². The normalized spacial score (nSPS) is 11.2. The first-order chi connectivity index (χ1) is 12.8. The molecule has 0 bridgehead atoms. The van der Waals surface area contributed by atoms with Crippen molar-refractivity contribution in [3.63, 3.8) is 0 Å².